The molecule has 0 spiro atoms. The third-order valence-corrected chi connectivity index (χ3v) is 4.48. The van der Waals surface area contributed by atoms with Crippen LogP contribution in [-0.2, 0) is 0 Å². The molecule has 1 aliphatic rings. The van der Waals surface area contributed by atoms with Crippen LogP contribution >= 0.6 is 23.4 Å². The van der Waals surface area contributed by atoms with Gasteiger partial charge in [0, 0.05) is 17.7 Å². The molecule has 0 saturated heterocycles. The molecule has 1 heterocycles. The largest absolute Gasteiger partial charge is 0.226 e. The van der Waals surface area contributed by atoms with E-state index in [2.05, 4.69) is 23.8 Å². The van der Waals surface area contributed by atoms with Crippen LogP contribution in [0.2, 0.25) is 5.15 Å². The molecule has 0 N–H and O–H groups in total. The maximum absolute atomic E-state index is 6.03. The Morgan fingerprint density at radius 1 is 1.35 bits per heavy atom. The first-order chi connectivity index (χ1) is 8.15. The lowest BCUT2D eigenvalue weighted by molar-refractivity contribution is 0.622. The van der Waals surface area contributed by atoms with Gasteiger partial charge in [0.1, 0.15) is 16.0 Å². The number of rotatable bonds is 4. The number of hydrogen-bond donors (Lipinski definition) is 0. The highest BCUT2D eigenvalue weighted by Gasteiger charge is 2.16. The minimum Gasteiger partial charge on any atom is -0.226 e. The lowest BCUT2D eigenvalue weighted by atomic mass is 10.1. The van der Waals surface area contributed by atoms with Gasteiger partial charge in [0.15, 0.2) is 0 Å². The van der Waals surface area contributed by atoms with Gasteiger partial charge in [-0.1, -0.05) is 38.3 Å². The Hall–Kier alpha value is -0.280. The zero-order valence-electron chi connectivity index (χ0n) is 10.4. The Morgan fingerprint density at radius 3 is 2.71 bits per heavy atom. The average molecular weight is 271 g/mol. The Bertz CT molecular complexity index is 376. The van der Waals surface area contributed by atoms with E-state index in [1.165, 1.54) is 31.4 Å². The lowest BCUT2D eigenvalue weighted by Gasteiger charge is -2.10. The van der Waals surface area contributed by atoms with Crippen molar-refractivity contribution in [1.29, 1.82) is 0 Å². The number of halogens is 1. The van der Waals surface area contributed by atoms with Gasteiger partial charge in [-0.2, -0.15) is 0 Å². The zero-order valence-corrected chi connectivity index (χ0v) is 12.0. The highest BCUT2D eigenvalue weighted by molar-refractivity contribution is 7.99. The monoisotopic (exact) mass is 270 g/mol. The first-order valence-electron chi connectivity index (χ1n) is 6.32. The van der Waals surface area contributed by atoms with Gasteiger partial charge < -0.3 is 0 Å². The molecular formula is C13H19ClN2S. The van der Waals surface area contributed by atoms with Crippen molar-refractivity contribution < 1.29 is 0 Å². The fourth-order valence-corrected chi connectivity index (χ4v) is 3.47. The Kier molecular flexibility index (Phi) is 4.69. The van der Waals surface area contributed by atoms with Gasteiger partial charge in [-0.05, 0) is 18.8 Å². The maximum Gasteiger partial charge on any atom is 0.133 e. The second-order valence-electron chi connectivity index (χ2n) is 5.00. The third-order valence-electron chi connectivity index (χ3n) is 3.15. The molecule has 0 aliphatic heterocycles. The molecule has 0 radical (unpaired) electrons. The summed E-state index contributed by atoms with van der Waals surface area (Å²) in [7, 11) is 0. The maximum atomic E-state index is 6.03. The molecule has 1 saturated carbocycles. The Labute approximate surface area is 113 Å². The van der Waals surface area contributed by atoms with Gasteiger partial charge in [0.25, 0.3) is 0 Å². The standard InChI is InChI=1S/C13H19ClN2S/c1-9(2)13-15-11(14)7-12(16-13)17-8-10-5-3-4-6-10/h7,9-10H,3-6,8H2,1-2H3. The van der Waals surface area contributed by atoms with Crippen molar-refractivity contribution >= 4 is 23.4 Å². The fraction of sp³-hybridized carbons (Fsp3) is 0.692. The van der Waals surface area contributed by atoms with Crippen LogP contribution in [0.15, 0.2) is 11.1 Å². The van der Waals surface area contributed by atoms with E-state index in [0.29, 0.717) is 11.1 Å². The van der Waals surface area contributed by atoms with E-state index in [0.717, 1.165) is 16.8 Å². The normalized spacial score (nSPS) is 16.9. The molecular weight excluding hydrogens is 252 g/mol. The zero-order chi connectivity index (χ0) is 12.3. The average Bonchev–Trinajstić information content (AvgIpc) is 2.78. The van der Waals surface area contributed by atoms with Gasteiger partial charge >= 0.3 is 0 Å². The molecule has 1 aromatic rings. The fourth-order valence-electron chi connectivity index (χ4n) is 2.13. The molecule has 0 amide bonds. The molecule has 2 nitrogen and oxygen atoms in total. The molecule has 1 fully saturated rings. The number of aromatic nitrogens is 2. The summed E-state index contributed by atoms with van der Waals surface area (Å²) in [5.41, 5.74) is 0. The minimum absolute atomic E-state index is 0.333. The van der Waals surface area contributed by atoms with Crippen molar-refractivity contribution in [3.63, 3.8) is 0 Å². The summed E-state index contributed by atoms with van der Waals surface area (Å²) in [6, 6.07) is 1.88. The van der Waals surface area contributed by atoms with Crippen molar-refractivity contribution in [3.8, 4) is 0 Å². The Balaban J connectivity index is 1.99. The molecule has 0 aromatic carbocycles. The Morgan fingerprint density at radius 2 is 2.06 bits per heavy atom. The molecule has 1 aliphatic carbocycles. The van der Waals surface area contributed by atoms with Gasteiger partial charge in [0.2, 0.25) is 0 Å². The van der Waals surface area contributed by atoms with E-state index in [9.17, 15) is 0 Å². The molecule has 0 atom stereocenters. The number of nitrogens with zero attached hydrogens (tertiary/aromatic N) is 2. The molecule has 0 bridgehead atoms. The molecule has 0 unspecified atom stereocenters. The quantitative estimate of drug-likeness (QED) is 0.594. The molecule has 17 heavy (non-hydrogen) atoms. The van der Waals surface area contributed by atoms with Gasteiger partial charge in [-0.25, -0.2) is 9.97 Å². The molecule has 4 heteroatoms. The summed E-state index contributed by atoms with van der Waals surface area (Å²) >= 11 is 7.85. The molecule has 1 aromatic heterocycles. The van der Waals surface area contributed by atoms with Crippen molar-refractivity contribution in [2.45, 2.75) is 50.5 Å². The van der Waals surface area contributed by atoms with Crippen LogP contribution in [0, 0.1) is 5.92 Å². The van der Waals surface area contributed by atoms with Crippen molar-refractivity contribution in [2.75, 3.05) is 5.75 Å². The second-order valence-corrected chi connectivity index (χ2v) is 6.43. The number of thioether (sulfide) groups is 1. The van der Waals surface area contributed by atoms with Crippen LogP contribution in [0.1, 0.15) is 51.3 Å². The predicted molar refractivity (Wildman–Crippen MR) is 73.8 cm³/mol. The summed E-state index contributed by atoms with van der Waals surface area (Å²) in [5, 5.41) is 1.60. The first-order valence-corrected chi connectivity index (χ1v) is 7.69. The SMILES string of the molecule is CC(C)c1nc(Cl)cc(SCC2CCCC2)n1. The van der Waals surface area contributed by atoms with Crippen LogP contribution in [0.25, 0.3) is 0 Å². The van der Waals surface area contributed by atoms with Gasteiger partial charge in [0.05, 0.1) is 0 Å². The van der Waals surface area contributed by atoms with Crippen LogP contribution in [0.5, 0.6) is 0 Å². The van der Waals surface area contributed by atoms with E-state index in [4.69, 9.17) is 11.6 Å². The second kappa shape index (κ2) is 6.05. The van der Waals surface area contributed by atoms with E-state index in [-0.39, 0.29) is 0 Å². The molecule has 94 valence electrons. The van der Waals surface area contributed by atoms with Crippen molar-refractivity contribution in [2.24, 2.45) is 5.92 Å². The topological polar surface area (TPSA) is 25.8 Å². The summed E-state index contributed by atoms with van der Waals surface area (Å²) in [6.07, 6.45) is 5.55. The molecule has 2 rings (SSSR count). The van der Waals surface area contributed by atoms with Crippen molar-refractivity contribution in [1.82, 2.24) is 9.97 Å². The van der Waals surface area contributed by atoms with E-state index < -0.39 is 0 Å². The number of hydrogen-bond acceptors (Lipinski definition) is 3. The summed E-state index contributed by atoms with van der Waals surface area (Å²) in [6.45, 7) is 4.19. The van der Waals surface area contributed by atoms with Gasteiger partial charge in [-0.15, -0.1) is 11.8 Å². The summed E-state index contributed by atoms with van der Waals surface area (Å²) in [4.78, 5) is 8.82. The summed E-state index contributed by atoms with van der Waals surface area (Å²) < 4.78 is 0. The third kappa shape index (κ3) is 3.85. The minimum atomic E-state index is 0.333. The highest BCUT2D eigenvalue weighted by atomic mass is 35.5. The van der Waals surface area contributed by atoms with E-state index >= 15 is 0 Å². The highest BCUT2D eigenvalue weighted by Crippen LogP contribution is 2.31. The van der Waals surface area contributed by atoms with Crippen LogP contribution in [-0.4, -0.2) is 15.7 Å². The van der Waals surface area contributed by atoms with E-state index in [1.54, 1.807) is 0 Å². The van der Waals surface area contributed by atoms with E-state index in [1.807, 2.05) is 17.8 Å². The lowest BCUT2D eigenvalue weighted by Crippen LogP contribution is -2.01. The predicted octanol–water partition coefficient (Wildman–Crippen LogP) is 4.54. The summed E-state index contributed by atoms with van der Waals surface area (Å²) in [5.74, 6) is 3.23. The first kappa shape index (κ1) is 13.2. The van der Waals surface area contributed by atoms with Gasteiger partial charge in [-0.3, -0.25) is 0 Å². The van der Waals surface area contributed by atoms with Crippen molar-refractivity contribution in [3.05, 3.63) is 17.0 Å². The van der Waals surface area contributed by atoms with Crippen LogP contribution in [0.4, 0.5) is 0 Å². The van der Waals surface area contributed by atoms with Crippen LogP contribution in [0.3, 0.4) is 0 Å². The van der Waals surface area contributed by atoms with Crippen LogP contribution < -0.4 is 0 Å². The smallest absolute Gasteiger partial charge is 0.133 e.